The van der Waals surface area contributed by atoms with Crippen LogP contribution in [0.5, 0.6) is 0 Å². The highest BCUT2D eigenvalue weighted by molar-refractivity contribution is 9.10. The molecule has 1 aromatic carbocycles. The van der Waals surface area contributed by atoms with Crippen molar-refractivity contribution < 1.29 is 9.53 Å². The van der Waals surface area contributed by atoms with E-state index in [1.807, 2.05) is 31.2 Å². The maximum atomic E-state index is 11.9. The van der Waals surface area contributed by atoms with Gasteiger partial charge >= 0.3 is 0 Å². The minimum Gasteiger partial charge on any atom is -0.378 e. The average Bonchev–Trinajstić information content (AvgIpc) is 2.29. The van der Waals surface area contributed by atoms with Crippen molar-refractivity contribution in [3.05, 3.63) is 34.3 Å². The lowest BCUT2D eigenvalue weighted by Crippen LogP contribution is -2.33. The van der Waals surface area contributed by atoms with Gasteiger partial charge in [0.1, 0.15) is 5.78 Å². The molecule has 2 nitrogen and oxygen atoms in total. The molecule has 0 aromatic heterocycles. The van der Waals surface area contributed by atoms with E-state index < -0.39 is 0 Å². The zero-order chi connectivity index (χ0) is 13.0. The van der Waals surface area contributed by atoms with Crippen LogP contribution in [0.4, 0.5) is 0 Å². The molecule has 0 bridgehead atoms. The molecule has 0 radical (unpaired) electrons. The number of rotatable bonds is 6. The first kappa shape index (κ1) is 13.8. The van der Waals surface area contributed by atoms with E-state index in [1.54, 1.807) is 0 Å². The van der Waals surface area contributed by atoms with E-state index in [0.717, 1.165) is 29.5 Å². The third kappa shape index (κ3) is 3.92. The predicted octanol–water partition coefficient (Wildman–Crippen LogP) is 3.77. The summed E-state index contributed by atoms with van der Waals surface area (Å²) in [7, 11) is 0. The summed E-state index contributed by atoms with van der Waals surface area (Å²) in [6.07, 6.45) is 3.78. The van der Waals surface area contributed by atoms with Gasteiger partial charge in [0.25, 0.3) is 0 Å². The highest BCUT2D eigenvalue weighted by atomic mass is 79.9. The molecule has 1 saturated carbocycles. The number of ether oxygens (including phenoxy) is 1. The molecule has 0 N–H and O–H groups in total. The number of ketones is 1. The highest BCUT2D eigenvalue weighted by Gasteiger charge is 2.30. The topological polar surface area (TPSA) is 26.3 Å². The summed E-state index contributed by atoms with van der Waals surface area (Å²) in [6, 6.07) is 7.98. The van der Waals surface area contributed by atoms with Crippen LogP contribution < -0.4 is 0 Å². The van der Waals surface area contributed by atoms with Gasteiger partial charge in [-0.2, -0.15) is 0 Å². The molecule has 1 aliphatic rings. The van der Waals surface area contributed by atoms with Crippen LogP contribution in [0.1, 0.15) is 31.7 Å². The molecule has 0 aliphatic heterocycles. The Kier molecular flexibility index (Phi) is 4.95. The van der Waals surface area contributed by atoms with Gasteiger partial charge in [-0.1, -0.05) is 28.1 Å². The third-order valence-corrected chi connectivity index (χ3v) is 3.95. The Balaban J connectivity index is 1.72. The maximum Gasteiger partial charge on any atom is 0.137 e. The van der Waals surface area contributed by atoms with Gasteiger partial charge in [0, 0.05) is 23.9 Å². The number of hydrogen-bond donors (Lipinski definition) is 0. The SMILES string of the molecule is CCOC1CC(CC(=O)Cc2ccc(Br)cc2)C1. The molecule has 1 aliphatic carbocycles. The van der Waals surface area contributed by atoms with Crippen LogP contribution >= 0.6 is 15.9 Å². The van der Waals surface area contributed by atoms with Crippen molar-refractivity contribution in [3.63, 3.8) is 0 Å². The monoisotopic (exact) mass is 310 g/mol. The van der Waals surface area contributed by atoms with Crippen LogP contribution in [0, 0.1) is 5.92 Å². The number of hydrogen-bond acceptors (Lipinski definition) is 2. The van der Waals surface area contributed by atoms with Crippen molar-refractivity contribution in [2.24, 2.45) is 5.92 Å². The number of Topliss-reactive ketones (excluding diaryl/α,β-unsaturated/α-hetero) is 1. The van der Waals surface area contributed by atoms with Gasteiger partial charge in [-0.3, -0.25) is 4.79 Å². The minimum absolute atomic E-state index is 0.345. The zero-order valence-electron chi connectivity index (χ0n) is 10.7. The summed E-state index contributed by atoms with van der Waals surface area (Å²) in [5.74, 6) is 0.891. The Labute approximate surface area is 117 Å². The summed E-state index contributed by atoms with van der Waals surface area (Å²) in [5, 5.41) is 0. The molecule has 0 saturated heterocycles. The zero-order valence-corrected chi connectivity index (χ0v) is 12.3. The number of carbonyl (C=O) groups is 1. The van der Waals surface area contributed by atoms with Crippen LogP contribution in [0.3, 0.4) is 0 Å². The molecule has 0 unspecified atom stereocenters. The van der Waals surface area contributed by atoms with Crippen molar-refractivity contribution in [2.45, 2.75) is 38.7 Å². The highest BCUT2D eigenvalue weighted by Crippen LogP contribution is 2.33. The fraction of sp³-hybridized carbons (Fsp3) is 0.533. The number of benzene rings is 1. The van der Waals surface area contributed by atoms with Gasteiger partial charge in [-0.25, -0.2) is 0 Å². The first-order chi connectivity index (χ1) is 8.67. The van der Waals surface area contributed by atoms with Gasteiger partial charge in [-0.05, 0) is 43.4 Å². The van der Waals surface area contributed by atoms with Crippen LogP contribution in [0.15, 0.2) is 28.7 Å². The van der Waals surface area contributed by atoms with Gasteiger partial charge in [-0.15, -0.1) is 0 Å². The Hall–Kier alpha value is -0.670. The van der Waals surface area contributed by atoms with Crippen LogP contribution in [-0.2, 0) is 16.0 Å². The van der Waals surface area contributed by atoms with E-state index in [1.165, 1.54) is 0 Å². The maximum absolute atomic E-state index is 11.9. The van der Waals surface area contributed by atoms with Gasteiger partial charge in [0.05, 0.1) is 6.10 Å². The van der Waals surface area contributed by atoms with Gasteiger partial charge < -0.3 is 4.74 Å². The summed E-state index contributed by atoms with van der Waals surface area (Å²) in [5.41, 5.74) is 1.10. The van der Waals surface area contributed by atoms with Crippen molar-refractivity contribution in [3.8, 4) is 0 Å². The predicted molar refractivity (Wildman–Crippen MR) is 75.6 cm³/mol. The van der Waals surface area contributed by atoms with Crippen LogP contribution in [0.2, 0.25) is 0 Å². The van der Waals surface area contributed by atoms with Crippen molar-refractivity contribution in [2.75, 3.05) is 6.61 Å². The van der Waals surface area contributed by atoms with Gasteiger partial charge in [0.15, 0.2) is 0 Å². The van der Waals surface area contributed by atoms with Crippen LogP contribution in [-0.4, -0.2) is 18.5 Å². The molecule has 1 fully saturated rings. The molecular weight excluding hydrogens is 292 g/mol. The molecule has 0 amide bonds. The minimum atomic E-state index is 0.345. The molecule has 3 heteroatoms. The van der Waals surface area contributed by atoms with E-state index in [-0.39, 0.29) is 0 Å². The first-order valence-electron chi connectivity index (χ1n) is 6.55. The van der Waals surface area contributed by atoms with E-state index in [2.05, 4.69) is 15.9 Å². The molecule has 0 heterocycles. The van der Waals surface area contributed by atoms with E-state index in [4.69, 9.17) is 4.74 Å². The number of carbonyl (C=O) groups excluding carboxylic acids is 1. The molecule has 0 atom stereocenters. The number of halogens is 1. The summed E-state index contributed by atoms with van der Waals surface area (Å²) < 4.78 is 6.56. The second-order valence-electron chi connectivity index (χ2n) is 4.96. The first-order valence-corrected chi connectivity index (χ1v) is 7.34. The van der Waals surface area contributed by atoms with E-state index in [9.17, 15) is 4.79 Å². The molecule has 1 aromatic rings. The Morgan fingerprint density at radius 2 is 2.00 bits per heavy atom. The van der Waals surface area contributed by atoms with Crippen molar-refractivity contribution >= 4 is 21.7 Å². The van der Waals surface area contributed by atoms with Crippen molar-refractivity contribution in [1.29, 1.82) is 0 Å². The van der Waals surface area contributed by atoms with E-state index in [0.29, 0.717) is 30.6 Å². The lowest BCUT2D eigenvalue weighted by atomic mass is 9.78. The molecular formula is C15H19BrO2. The summed E-state index contributed by atoms with van der Waals surface area (Å²) >= 11 is 3.39. The summed E-state index contributed by atoms with van der Waals surface area (Å²) in [6.45, 7) is 2.80. The second-order valence-corrected chi connectivity index (χ2v) is 5.88. The molecule has 0 spiro atoms. The Morgan fingerprint density at radius 3 is 2.61 bits per heavy atom. The molecule has 18 heavy (non-hydrogen) atoms. The van der Waals surface area contributed by atoms with Gasteiger partial charge in [0.2, 0.25) is 0 Å². The lowest BCUT2D eigenvalue weighted by molar-refractivity contribution is -0.121. The smallest absolute Gasteiger partial charge is 0.137 e. The normalized spacial score (nSPS) is 22.6. The quantitative estimate of drug-likeness (QED) is 0.799. The fourth-order valence-electron chi connectivity index (χ4n) is 2.44. The average molecular weight is 311 g/mol. The fourth-order valence-corrected chi connectivity index (χ4v) is 2.70. The second kappa shape index (κ2) is 6.48. The molecule has 2 rings (SSSR count). The Bertz CT molecular complexity index is 393. The standard InChI is InChI=1S/C15H19BrO2/c1-2-18-15-9-12(10-15)8-14(17)7-11-3-5-13(16)6-4-11/h3-6,12,15H,2,7-10H2,1H3. The van der Waals surface area contributed by atoms with Crippen LogP contribution in [0.25, 0.3) is 0 Å². The van der Waals surface area contributed by atoms with Crippen molar-refractivity contribution in [1.82, 2.24) is 0 Å². The van der Waals surface area contributed by atoms with E-state index >= 15 is 0 Å². The lowest BCUT2D eigenvalue weighted by Gasteiger charge is -2.34. The molecule has 98 valence electrons. The summed E-state index contributed by atoms with van der Waals surface area (Å²) in [4.78, 5) is 11.9. The largest absolute Gasteiger partial charge is 0.378 e. The third-order valence-electron chi connectivity index (χ3n) is 3.43. The Morgan fingerprint density at radius 1 is 1.33 bits per heavy atom.